The van der Waals surface area contributed by atoms with Gasteiger partial charge in [0.25, 0.3) is 10.0 Å². The molecule has 0 saturated carbocycles. The lowest BCUT2D eigenvalue weighted by Gasteiger charge is -2.42. The van der Waals surface area contributed by atoms with Gasteiger partial charge in [0.2, 0.25) is 5.91 Å². The summed E-state index contributed by atoms with van der Waals surface area (Å²) in [5, 5.41) is 2.81. The molecule has 2 aromatic carbocycles. The molecule has 0 spiro atoms. The van der Waals surface area contributed by atoms with Crippen LogP contribution in [0.4, 0.5) is 4.79 Å². The molecule has 1 heterocycles. The van der Waals surface area contributed by atoms with Gasteiger partial charge in [-0.25, -0.2) is 17.9 Å². The van der Waals surface area contributed by atoms with Crippen molar-refractivity contribution in [3.8, 4) is 0 Å². The number of benzene rings is 2. The van der Waals surface area contributed by atoms with Gasteiger partial charge >= 0.3 is 6.09 Å². The number of sulfonamides is 1. The highest BCUT2D eigenvalue weighted by Gasteiger charge is 2.42. The maximum absolute atomic E-state index is 12.2. The first-order valence-corrected chi connectivity index (χ1v) is 10.6. The topological polar surface area (TPSA) is 111 Å². The molecule has 0 atom stereocenters. The van der Waals surface area contributed by atoms with Crippen molar-refractivity contribution < 1.29 is 27.5 Å². The van der Waals surface area contributed by atoms with Crippen LogP contribution in [-0.4, -0.2) is 33.6 Å². The summed E-state index contributed by atoms with van der Waals surface area (Å²) in [6.45, 7) is 2.19. The lowest BCUT2D eigenvalue weighted by molar-refractivity contribution is -0.119. The van der Waals surface area contributed by atoms with Gasteiger partial charge in [-0.05, 0) is 23.3 Å². The molecule has 8 nitrogen and oxygen atoms in total. The zero-order chi connectivity index (χ0) is 20.9. The second-order valence-corrected chi connectivity index (χ2v) is 8.35. The Balaban J connectivity index is 1.67. The lowest BCUT2D eigenvalue weighted by atomic mass is 9.88. The van der Waals surface area contributed by atoms with E-state index in [-0.39, 0.29) is 31.1 Å². The number of amides is 2. The predicted octanol–water partition coefficient (Wildman–Crippen LogP) is 2.05. The van der Waals surface area contributed by atoms with Crippen LogP contribution < -0.4 is 10.0 Å². The fraction of sp³-hybridized carbons (Fsp3) is 0.300. The van der Waals surface area contributed by atoms with Crippen molar-refractivity contribution in [1.82, 2.24) is 10.0 Å². The second kappa shape index (κ2) is 8.62. The lowest BCUT2D eigenvalue weighted by Crippen LogP contribution is -2.59. The Bertz CT molecular complexity index is 970. The quantitative estimate of drug-likeness (QED) is 0.712. The van der Waals surface area contributed by atoms with Crippen LogP contribution in [0.15, 0.2) is 59.5 Å². The van der Waals surface area contributed by atoms with Crippen LogP contribution >= 0.6 is 0 Å². The van der Waals surface area contributed by atoms with Crippen LogP contribution in [0.2, 0.25) is 0 Å². The highest BCUT2D eigenvalue weighted by atomic mass is 32.2. The molecule has 2 amide bonds. The first kappa shape index (κ1) is 20.8. The SMILES string of the molecule is CCC(=O)NS(=O)(=O)c1ccc(C2(NC(=O)OCc3ccccc3)COC2)cc1. The highest BCUT2D eigenvalue weighted by Crippen LogP contribution is 2.30. The van der Waals surface area contributed by atoms with E-state index < -0.39 is 27.6 Å². The molecule has 1 aliphatic rings. The van der Waals surface area contributed by atoms with Gasteiger partial charge in [0.1, 0.15) is 12.1 Å². The summed E-state index contributed by atoms with van der Waals surface area (Å²) in [7, 11) is -3.93. The molecule has 0 aromatic heterocycles. The van der Waals surface area contributed by atoms with E-state index in [4.69, 9.17) is 9.47 Å². The Kier molecular flexibility index (Phi) is 6.19. The highest BCUT2D eigenvalue weighted by molar-refractivity contribution is 7.90. The average Bonchev–Trinajstić information content (AvgIpc) is 2.69. The number of carbonyl (C=O) groups is 2. The zero-order valence-corrected chi connectivity index (χ0v) is 16.7. The number of hydrogen-bond donors (Lipinski definition) is 2. The molecule has 2 aromatic rings. The largest absolute Gasteiger partial charge is 0.445 e. The van der Waals surface area contributed by atoms with E-state index in [1.807, 2.05) is 35.1 Å². The predicted molar refractivity (Wildman–Crippen MR) is 104 cm³/mol. The molecule has 0 unspecified atom stereocenters. The van der Waals surface area contributed by atoms with Crippen molar-refractivity contribution >= 4 is 22.0 Å². The van der Waals surface area contributed by atoms with Crippen molar-refractivity contribution in [1.29, 1.82) is 0 Å². The number of ether oxygens (including phenoxy) is 2. The zero-order valence-electron chi connectivity index (χ0n) is 15.9. The van der Waals surface area contributed by atoms with Gasteiger partial charge < -0.3 is 14.8 Å². The number of alkyl carbamates (subject to hydrolysis) is 1. The van der Waals surface area contributed by atoms with E-state index in [0.29, 0.717) is 5.56 Å². The van der Waals surface area contributed by atoms with E-state index in [1.54, 1.807) is 19.1 Å². The van der Waals surface area contributed by atoms with Gasteiger partial charge in [0.05, 0.1) is 18.1 Å². The molecule has 154 valence electrons. The van der Waals surface area contributed by atoms with Crippen LogP contribution in [0, 0.1) is 0 Å². The van der Waals surface area contributed by atoms with Gasteiger partial charge in [-0.3, -0.25) is 4.79 Å². The molecule has 0 aliphatic carbocycles. The van der Waals surface area contributed by atoms with Crippen molar-refractivity contribution in [2.45, 2.75) is 30.4 Å². The molecule has 1 saturated heterocycles. The fourth-order valence-corrected chi connectivity index (χ4v) is 3.86. The summed E-state index contributed by atoms with van der Waals surface area (Å²) in [5.41, 5.74) is 0.759. The Morgan fingerprint density at radius 3 is 2.28 bits per heavy atom. The molecule has 3 rings (SSSR count). The molecule has 1 fully saturated rings. The molecule has 0 bridgehead atoms. The number of carbonyl (C=O) groups excluding carboxylic acids is 2. The third-order valence-electron chi connectivity index (χ3n) is 4.54. The van der Waals surface area contributed by atoms with E-state index in [2.05, 4.69) is 5.32 Å². The van der Waals surface area contributed by atoms with E-state index in [9.17, 15) is 18.0 Å². The van der Waals surface area contributed by atoms with Crippen LogP contribution in [-0.2, 0) is 36.4 Å². The van der Waals surface area contributed by atoms with Crippen LogP contribution in [0.3, 0.4) is 0 Å². The Labute approximate surface area is 169 Å². The van der Waals surface area contributed by atoms with Gasteiger partial charge in [0.15, 0.2) is 0 Å². The summed E-state index contributed by atoms with van der Waals surface area (Å²) in [6, 6.07) is 15.2. The van der Waals surface area contributed by atoms with E-state index in [0.717, 1.165) is 5.56 Å². The molecular formula is C20H22N2O6S. The molecule has 0 radical (unpaired) electrons. The number of nitrogens with one attached hydrogen (secondary N) is 2. The Hall–Kier alpha value is -2.91. The molecule has 2 N–H and O–H groups in total. The smallest absolute Gasteiger partial charge is 0.408 e. The number of rotatable bonds is 7. The fourth-order valence-electron chi connectivity index (χ4n) is 2.81. The first-order chi connectivity index (χ1) is 13.8. The summed E-state index contributed by atoms with van der Waals surface area (Å²) in [4.78, 5) is 23.6. The summed E-state index contributed by atoms with van der Waals surface area (Å²) in [5.74, 6) is -0.583. The van der Waals surface area contributed by atoms with Crippen molar-refractivity contribution in [3.63, 3.8) is 0 Å². The van der Waals surface area contributed by atoms with Crippen molar-refractivity contribution in [3.05, 3.63) is 65.7 Å². The van der Waals surface area contributed by atoms with Crippen LogP contribution in [0.5, 0.6) is 0 Å². The van der Waals surface area contributed by atoms with Gasteiger partial charge in [0, 0.05) is 6.42 Å². The van der Waals surface area contributed by atoms with Gasteiger partial charge in [-0.1, -0.05) is 49.4 Å². The Morgan fingerprint density at radius 1 is 1.07 bits per heavy atom. The van der Waals surface area contributed by atoms with Crippen LogP contribution in [0.25, 0.3) is 0 Å². The maximum Gasteiger partial charge on any atom is 0.408 e. The summed E-state index contributed by atoms with van der Waals surface area (Å²) >= 11 is 0. The number of hydrogen-bond acceptors (Lipinski definition) is 6. The minimum absolute atomic E-state index is 0.0369. The third kappa shape index (κ3) is 4.93. The standard InChI is InChI=1S/C20H22N2O6S/c1-2-18(23)22-29(25,26)17-10-8-16(9-11-17)20(13-27-14-20)21-19(24)28-12-15-6-4-3-5-7-15/h3-11H,2,12-14H2,1H3,(H,21,24)(H,22,23). The summed E-state index contributed by atoms with van der Waals surface area (Å²) < 4.78 is 36.9. The molecular weight excluding hydrogens is 396 g/mol. The van der Waals surface area contributed by atoms with E-state index >= 15 is 0 Å². The average molecular weight is 418 g/mol. The van der Waals surface area contributed by atoms with Crippen molar-refractivity contribution in [2.24, 2.45) is 0 Å². The first-order valence-electron chi connectivity index (χ1n) is 9.07. The molecule has 9 heteroatoms. The minimum atomic E-state index is -3.93. The van der Waals surface area contributed by atoms with Gasteiger partial charge in [-0.15, -0.1) is 0 Å². The summed E-state index contributed by atoms with van der Waals surface area (Å²) in [6.07, 6.45) is -0.531. The van der Waals surface area contributed by atoms with Crippen molar-refractivity contribution in [2.75, 3.05) is 13.2 Å². The van der Waals surface area contributed by atoms with Crippen LogP contribution in [0.1, 0.15) is 24.5 Å². The third-order valence-corrected chi connectivity index (χ3v) is 5.93. The molecule has 1 aliphatic heterocycles. The van der Waals surface area contributed by atoms with E-state index in [1.165, 1.54) is 12.1 Å². The minimum Gasteiger partial charge on any atom is -0.445 e. The second-order valence-electron chi connectivity index (χ2n) is 6.67. The maximum atomic E-state index is 12.2. The monoisotopic (exact) mass is 418 g/mol. The Morgan fingerprint density at radius 2 is 1.72 bits per heavy atom. The molecule has 29 heavy (non-hydrogen) atoms. The normalized spacial score (nSPS) is 15.1. The van der Waals surface area contributed by atoms with Gasteiger partial charge in [-0.2, -0.15) is 0 Å².